The molecule has 0 bridgehead atoms. The number of aryl methyl sites for hydroxylation is 1. The van der Waals surface area contributed by atoms with Crippen LogP contribution in [0.1, 0.15) is 11.1 Å². The molecule has 0 atom stereocenters. The number of para-hydroxylation sites is 1. The fourth-order valence-electron chi connectivity index (χ4n) is 1.88. The van der Waals surface area contributed by atoms with Crippen LogP contribution in [0.2, 0.25) is 0 Å². The molecule has 0 heterocycles. The smallest absolute Gasteiger partial charge is 0.330 e. The fraction of sp³-hybridized carbons (Fsp3) is 0.118. The van der Waals surface area contributed by atoms with Crippen molar-refractivity contribution in [3.8, 4) is 0 Å². The lowest BCUT2D eigenvalue weighted by Crippen LogP contribution is -2.13. The van der Waals surface area contributed by atoms with E-state index in [4.69, 9.17) is 0 Å². The minimum atomic E-state index is -3.70. The van der Waals surface area contributed by atoms with Crippen molar-refractivity contribution in [3.05, 3.63) is 65.7 Å². The Hall–Kier alpha value is -2.60. The summed E-state index contributed by atoms with van der Waals surface area (Å²) in [6.45, 7) is 1.89. The van der Waals surface area contributed by atoms with Crippen LogP contribution in [-0.2, 0) is 19.6 Å². The van der Waals surface area contributed by atoms with Crippen LogP contribution < -0.4 is 4.72 Å². The molecule has 23 heavy (non-hydrogen) atoms. The van der Waals surface area contributed by atoms with Crippen LogP contribution in [0.3, 0.4) is 0 Å². The van der Waals surface area contributed by atoms with Gasteiger partial charge in [0.05, 0.1) is 17.7 Å². The molecule has 0 aliphatic carbocycles. The molecular weight excluding hydrogens is 314 g/mol. The highest BCUT2D eigenvalue weighted by molar-refractivity contribution is 7.92. The van der Waals surface area contributed by atoms with E-state index in [2.05, 4.69) is 9.46 Å². The molecule has 1 N–H and O–H groups in total. The van der Waals surface area contributed by atoms with E-state index >= 15 is 0 Å². The minimum absolute atomic E-state index is 0.176. The fourth-order valence-corrected chi connectivity index (χ4v) is 2.97. The van der Waals surface area contributed by atoms with Gasteiger partial charge in [0.15, 0.2) is 0 Å². The van der Waals surface area contributed by atoms with Crippen molar-refractivity contribution in [1.82, 2.24) is 0 Å². The zero-order valence-corrected chi connectivity index (χ0v) is 13.6. The van der Waals surface area contributed by atoms with Gasteiger partial charge in [-0.3, -0.25) is 4.72 Å². The van der Waals surface area contributed by atoms with E-state index in [9.17, 15) is 13.2 Å². The lowest BCUT2D eigenvalue weighted by atomic mass is 10.2. The van der Waals surface area contributed by atoms with Crippen molar-refractivity contribution in [3.63, 3.8) is 0 Å². The molecule has 0 spiro atoms. The Morgan fingerprint density at radius 3 is 2.39 bits per heavy atom. The number of hydrogen-bond acceptors (Lipinski definition) is 4. The standard InChI is InChI=1S/C17H17NO4S/c1-13-7-10-15(11-8-13)23(20,21)18-16-6-4-3-5-14(16)9-12-17(19)22-2/h3-12,18H,1-2H3/b12-9+. The number of carbonyl (C=O) groups is 1. The van der Waals surface area contributed by atoms with Crippen LogP contribution in [0.15, 0.2) is 59.5 Å². The van der Waals surface area contributed by atoms with Crippen molar-refractivity contribution < 1.29 is 17.9 Å². The molecule has 6 heteroatoms. The van der Waals surface area contributed by atoms with Gasteiger partial charge in [0.25, 0.3) is 10.0 Å². The third kappa shape index (κ3) is 4.43. The lowest BCUT2D eigenvalue weighted by Gasteiger charge is -2.11. The predicted octanol–water partition coefficient (Wildman–Crippen LogP) is 2.98. The Labute approximate surface area is 135 Å². The van der Waals surface area contributed by atoms with Gasteiger partial charge < -0.3 is 4.74 Å². The van der Waals surface area contributed by atoms with Gasteiger partial charge in [0.1, 0.15) is 0 Å². The summed E-state index contributed by atoms with van der Waals surface area (Å²) in [6.07, 6.45) is 2.73. The largest absolute Gasteiger partial charge is 0.466 e. The van der Waals surface area contributed by atoms with Gasteiger partial charge in [-0.2, -0.15) is 0 Å². The third-order valence-electron chi connectivity index (χ3n) is 3.14. The summed E-state index contributed by atoms with van der Waals surface area (Å²) in [5.74, 6) is -0.513. The molecule has 0 aromatic heterocycles. The summed E-state index contributed by atoms with van der Waals surface area (Å²) in [6, 6.07) is 13.3. The molecule has 0 fully saturated rings. The zero-order valence-electron chi connectivity index (χ0n) is 12.8. The summed E-state index contributed by atoms with van der Waals surface area (Å²) in [7, 11) is -2.42. The van der Waals surface area contributed by atoms with Gasteiger partial charge in [0, 0.05) is 6.08 Å². The monoisotopic (exact) mass is 331 g/mol. The minimum Gasteiger partial charge on any atom is -0.466 e. The van der Waals surface area contributed by atoms with Crippen molar-refractivity contribution >= 4 is 27.8 Å². The first-order valence-corrected chi connectivity index (χ1v) is 8.35. The average molecular weight is 331 g/mol. The van der Waals surface area contributed by atoms with E-state index in [1.165, 1.54) is 19.3 Å². The lowest BCUT2D eigenvalue weighted by molar-refractivity contribution is -0.134. The number of hydrogen-bond donors (Lipinski definition) is 1. The van der Waals surface area contributed by atoms with E-state index in [-0.39, 0.29) is 4.90 Å². The number of ether oxygens (including phenoxy) is 1. The SMILES string of the molecule is COC(=O)/C=C/c1ccccc1NS(=O)(=O)c1ccc(C)cc1. The molecule has 0 aliphatic heterocycles. The number of esters is 1. The molecule has 2 rings (SSSR count). The number of rotatable bonds is 5. The Bertz CT molecular complexity index is 824. The van der Waals surface area contributed by atoms with E-state index < -0.39 is 16.0 Å². The topological polar surface area (TPSA) is 72.5 Å². The van der Waals surface area contributed by atoms with Gasteiger partial charge in [-0.05, 0) is 36.8 Å². The molecule has 0 radical (unpaired) electrons. The molecule has 0 amide bonds. The number of anilines is 1. The van der Waals surface area contributed by atoms with E-state index in [1.54, 1.807) is 48.5 Å². The Balaban J connectivity index is 2.31. The first kappa shape index (κ1) is 16.8. The molecule has 0 aliphatic rings. The Morgan fingerprint density at radius 1 is 1.09 bits per heavy atom. The van der Waals surface area contributed by atoms with Crippen molar-refractivity contribution in [1.29, 1.82) is 0 Å². The molecular formula is C17H17NO4S. The van der Waals surface area contributed by atoms with Crippen LogP contribution in [-0.4, -0.2) is 21.5 Å². The second-order valence-electron chi connectivity index (χ2n) is 4.86. The second kappa shape index (κ2) is 7.11. The number of benzene rings is 2. The first-order chi connectivity index (χ1) is 10.9. The third-order valence-corrected chi connectivity index (χ3v) is 4.52. The predicted molar refractivity (Wildman–Crippen MR) is 89.5 cm³/mol. The summed E-state index contributed by atoms with van der Waals surface area (Å²) in [5, 5.41) is 0. The van der Waals surface area contributed by atoms with Crippen LogP contribution >= 0.6 is 0 Å². The molecule has 2 aromatic carbocycles. The summed E-state index contributed by atoms with van der Waals surface area (Å²) in [4.78, 5) is 11.4. The van der Waals surface area contributed by atoms with Crippen molar-refractivity contribution in [2.75, 3.05) is 11.8 Å². The second-order valence-corrected chi connectivity index (χ2v) is 6.54. The van der Waals surface area contributed by atoms with Crippen LogP contribution in [0.4, 0.5) is 5.69 Å². The van der Waals surface area contributed by atoms with Crippen LogP contribution in [0.5, 0.6) is 0 Å². The van der Waals surface area contributed by atoms with Gasteiger partial charge in [-0.1, -0.05) is 35.9 Å². The molecule has 120 valence electrons. The normalized spacial score (nSPS) is 11.4. The number of carbonyl (C=O) groups excluding carboxylic acids is 1. The van der Waals surface area contributed by atoms with E-state index in [0.29, 0.717) is 11.3 Å². The number of methoxy groups -OCH3 is 1. The Kier molecular flexibility index (Phi) is 5.18. The highest BCUT2D eigenvalue weighted by Gasteiger charge is 2.15. The van der Waals surface area contributed by atoms with E-state index in [1.807, 2.05) is 6.92 Å². The van der Waals surface area contributed by atoms with Gasteiger partial charge in [-0.25, -0.2) is 13.2 Å². The first-order valence-electron chi connectivity index (χ1n) is 6.87. The molecule has 0 saturated carbocycles. The highest BCUT2D eigenvalue weighted by Crippen LogP contribution is 2.21. The van der Waals surface area contributed by atoms with Gasteiger partial charge >= 0.3 is 5.97 Å². The van der Waals surface area contributed by atoms with Crippen LogP contribution in [0, 0.1) is 6.92 Å². The maximum atomic E-state index is 12.4. The summed E-state index contributed by atoms with van der Waals surface area (Å²) in [5.41, 5.74) is 1.92. The summed E-state index contributed by atoms with van der Waals surface area (Å²) < 4.78 is 31.9. The molecule has 2 aromatic rings. The Morgan fingerprint density at radius 2 is 1.74 bits per heavy atom. The van der Waals surface area contributed by atoms with Crippen LogP contribution in [0.25, 0.3) is 6.08 Å². The highest BCUT2D eigenvalue weighted by atomic mass is 32.2. The van der Waals surface area contributed by atoms with Gasteiger partial charge in [-0.15, -0.1) is 0 Å². The van der Waals surface area contributed by atoms with E-state index in [0.717, 1.165) is 5.56 Å². The molecule has 0 unspecified atom stereocenters. The average Bonchev–Trinajstić information content (AvgIpc) is 2.53. The van der Waals surface area contributed by atoms with Crippen molar-refractivity contribution in [2.45, 2.75) is 11.8 Å². The number of nitrogens with one attached hydrogen (secondary N) is 1. The molecule has 0 saturated heterocycles. The number of sulfonamides is 1. The van der Waals surface area contributed by atoms with Gasteiger partial charge in [0.2, 0.25) is 0 Å². The molecule has 5 nitrogen and oxygen atoms in total. The zero-order chi connectivity index (χ0) is 16.9. The maximum absolute atomic E-state index is 12.4. The quantitative estimate of drug-likeness (QED) is 0.675. The van der Waals surface area contributed by atoms with Crippen molar-refractivity contribution in [2.24, 2.45) is 0 Å². The summed E-state index contributed by atoms with van der Waals surface area (Å²) >= 11 is 0. The maximum Gasteiger partial charge on any atom is 0.330 e.